The van der Waals surface area contributed by atoms with Crippen LogP contribution in [0, 0.1) is 0 Å². The maximum Gasteiger partial charge on any atom is 0.251 e. The monoisotopic (exact) mass is 169 g/mol. The van der Waals surface area contributed by atoms with Crippen LogP contribution in [0.2, 0.25) is 0 Å². The average Bonchev–Trinajstić information content (AvgIpc) is 2.18. The van der Waals surface area contributed by atoms with E-state index in [0.29, 0.717) is 0 Å². The van der Waals surface area contributed by atoms with E-state index in [4.69, 9.17) is 5.48 Å². The number of hydrogen-bond donors (Lipinski definition) is 1. The fraction of sp³-hybridized carbons (Fsp3) is 0.222. The molecule has 64 valence electrons. The molecular weight excluding hydrogens is 154 g/mol. The third kappa shape index (κ3) is 1.75. The van der Waals surface area contributed by atoms with E-state index in [-0.39, 0.29) is 23.3 Å². The number of ether oxygens (including phenoxy) is 1. The molecule has 0 aliphatic rings. The molecule has 0 saturated heterocycles. The van der Waals surface area contributed by atoms with Gasteiger partial charge in [0.15, 0.2) is 0 Å². The van der Waals surface area contributed by atoms with E-state index in [1.807, 2.05) is 0 Å². The summed E-state index contributed by atoms with van der Waals surface area (Å²) < 4.78 is 32.8. The number of hydrogen-bond acceptors (Lipinski definition) is 2. The number of benzene rings is 1. The molecule has 1 aromatic rings. The summed E-state index contributed by atoms with van der Waals surface area (Å²) in [6.45, 7) is 0. The molecule has 0 aliphatic heterocycles. The lowest BCUT2D eigenvalue weighted by Crippen LogP contribution is -2.17. The van der Waals surface area contributed by atoms with Crippen molar-refractivity contribution < 1.29 is 15.0 Å². The summed E-state index contributed by atoms with van der Waals surface area (Å²) in [5.41, 5.74) is 0.248. The van der Waals surface area contributed by atoms with E-state index < -0.39 is 7.04 Å². The van der Waals surface area contributed by atoms with Gasteiger partial charge in [0.1, 0.15) is 5.75 Å². The second-order valence-electron chi connectivity index (χ2n) is 2.12. The van der Waals surface area contributed by atoms with E-state index in [2.05, 4.69) is 10.1 Å². The molecule has 1 N–H and O–H groups in total. The van der Waals surface area contributed by atoms with Gasteiger partial charge < -0.3 is 10.1 Å². The molecule has 1 rings (SSSR count). The Morgan fingerprint density at radius 1 is 1.83 bits per heavy atom. The lowest BCUT2D eigenvalue weighted by atomic mass is 10.2. The summed E-state index contributed by atoms with van der Waals surface area (Å²) in [7, 11) is -1.17. The minimum atomic E-state index is -2.63. The molecule has 0 spiro atoms. The first kappa shape index (κ1) is 4.50. The van der Waals surface area contributed by atoms with Crippen molar-refractivity contribution in [2.75, 3.05) is 14.1 Å². The summed E-state index contributed by atoms with van der Waals surface area (Å²) in [6, 6.07) is 3.89. The number of carbonyl (C=O) groups excluding carboxylic acids is 1. The van der Waals surface area contributed by atoms with Gasteiger partial charge in [-0.05, 0) is 18.2 Å². The zero-order valence-electron chi connectivity index (χ0n) is 10.5. The Morgan fingerprint density at radius 3 is 3.33 bits per heavy atom. The first-order chi connectivity index (χ1) is 7.33. The molecule has 3 nitrogen and oxygen atoms in total. The van der Waals surface area contributed by atoms with E-state index in [1.165, 1.54) is 25.2 Å². The predicted molar refractivity (Wildman–Crippen MR) is 46.4 cm³/mol. The molecule has 0 radical (unpaired) electrons. The predicted octanol–water partition coefficient (Wildman–Crippen LogP) is 1.05. The molecule has 0 saturated carbocycles. The first-order valence-electron chi connectivity index (χ1n) is 5.35. The zero-order chi connectivity index (χ0) is 12.3. The molecule has 0 heterocycles. The summed E-state index contributed by atoms with van der Waals surface area (Å²) in [5.74, 6) is -0.503. The molecule has 0 fully saturated rings. The van der Waals surface area contributed by atoms with Gasteiger partial charge in [-0.15, -0.1) is 0 Å². The van der Waals surface area contributed by atoms with Gasteiger partial charge in [-0.25, -0.2) is 0 Å². The topological polar surface area (TPSA) is 38.3 Å². The Kier molecular flexibility index (Phi) is 1.41. The second-order valence-corrected chi connectivity index (χ2v) is 2.12. The van der Waals surface area contributed by atoms with Gasteiger partial charge in [0.2, 0.25) is 0 Å². The molecule has 0 atom stereocenters. The van der Waals surface area contributed by atoms with Crippen molar-refractivity contribution in [2.24, 2.45) is 0 Å². The van der Waals surface area contributed by atoms with Crippen molar-refractivity contribution >= 4 is 5.91 Å². The fourth-order valence-corrected chi connectivity index (χ4v) is 0.789. The largest absolute Gasteiger partial charge is 0.497 e. The van der Waals surface area contributed by atoms with E-state index in [0.717, 1.165) is 0 Å². The minimum Gasteiger partial charge on any atom is -0.497 e. The van der Waals surface area contributed by atoms with Crippen molar-refractivity contribution in [2.45, 2.75) is 0 Å². The van der Waals surface area contributed by atoms with Crippen LogP contribution in [0.5, 0.6) is 5.75 Å². The molecule has 3 heteroatoms. The quantitative estimate of drug-likeness (QED) is 0.718. The van der Waals surface area contributed by atoms with Gasteiger partial charge in [0.25, 0.3) is 5.91 Å². The van der Waals surface area contributed by atoms with Gasteiger partial charge in [0.05, 0.1) is 12.5 Å². The minimum absolute atomic E-state index is 0.0798. The highest BCUT2D eigenvalue weighted by atomic mass is 16.5. The molecule has 0 unspecified atom stereocenters. The molecular formula is C9H11NO2. The maximum absolute atomic E-state index is 11.3. The summed E-state index contributed by atoms with van der Waals surface area (Å²) >= 11 is 0. The highest BCUT2D eigenvalue weighted by Gasteiger charge is 2.02. The molecule has 12 heavy (non-hydrogen) atoms. The summed E-state index contributed by atoms with van der Waals surface area (Å²) in [4.78, 5) is 11.3. The number of nitrogens with one attached hydrogen (secondary N) is 1. The van der Waals surface area contributed by atoms with Crippen molar-refractivity contribution in [3.05, 3.63) is 29.8 Å². The van der Waals surface area contributed by atoms with Gasteiger partial charge in [-0.2, -0.15) is 0 Å². The van der Waals surface area contributed by atoms with Crippen LogP contribution in [-0.4, -0.2) is 20.0 Å². The van der Waals surface area contributed by atoms with Crippen LogP contribution in [0.25, 0.3) is 0 Å². The zero-order valence-corrected chi connectivity index (χ0v) is 6.55. The lowest BCUT2D eigenvalue weighted by molar-refractivity contribution is 0.0963. The second kappa shape index (κ2) is 3.76. The van der Waals surface area contributed by atoms with Crippen LogP contribution >= 0.6 is 0 Å². The molecule has 0 aromatic heterocycles. The van der Waals surface area contributed by atoms with Crippen molar-refractivity contribution in [3.63, 3.8) is 0 Å². The molecule has 1 amide bonds. The summed E-state index contributed by atoms with van der Waals surface area (Å²) in [6.07, 6.45) is 0. The SMILES string of the molecule is [2H]c1ccc(C(=O)NC)cc1OC([2H])([2H])[2H]. The Morgan fingerprint density at radius 2 is 2.67 bits per heavy atom. The number of amides is 1. The van der Waals surface area contributed by atoms with E-state index in [9.17, 15) is 4.79 Å². The first-order valence-corrected chi connectivity index (χ1v) is 3.35. The Labute approximate surface area is 77.0 Å². The van der Waals surface area contributed by atoms with Gasteiger partial charge >= 0.3 is 0 Å². The molecule has 1 aromatic carbocycles. The highest BCUT2D eigenvalue weighted by molar-refractivity contribution is 5.94. The normalized spacial score (nSPS) is 15.1. The smallest absolute Gasteiger partial charge is 0.251 e. The number of rotatable bonds is 2. The average molecular weight is 169 g/mol. The third-order valence-electron chi connectivity index (χ3n) is 1.37. The van der Waals surface area contributed by atoms with Crippen LogP contribution in [0.3, 0.4) is 0 Å². The van der Waals surface area contributed by atoms with Crippen molar-refractivity contribution in [3.8, 4) is 5.75 Å². The standard InChI is InChI=1S/C9H11NO2/c1-10-9(11)7-4-3-5-8(6-7)12-2/h3-6H,1-2H3,(H,10,11)/i2D3,5D. The van der Waals surface area contributed by atoms with E-state index in [1.54, 1.807) is 0 Å². The van der Waals surface area contributed by atoms with Gasteiger partial charge in [-0.3, -0.25) is 4.79 Å². The van der Waals surface area contributed by atoms with Crippen molar-refractivity contribution in [1.29, 1.82) is 0 Å². The van der Waals surface area contributed by atoms with Crippen LogP contribution in [0.15, 0.2) is 24.2 Å². The third-order valence-corrected chi connectivity index (χ3v) is 1.37. The molecule has 0 bridgehead atoms. The Balaban J connectivity index is 3.04. The van der Waals surface area contributed by atoms with Gasteiger partial charge in [-0.1, -0.05) is 6.07 Å². The summed E-state index contributed by atoms with van der Waals surface area (Å²) in [5, 5.41) is 2.39. The van der Waals surface area contributed by atoms with Gasteiger partial charge in [0, 0.05) is 12.6 Å². The van der Waals surface area contributed by atoms with Crippen LogP contribution < -0.4 is 10.1 Å². The van der Waals surface area contributed by atoms with E-state index >= 15 is 0 Å². The number of carbonyl (C=O) groups is 1. The highest BCUT2D eigenvalue weighted by Crippen LogP contribution is 2.11. The maximum atomic E-state index is 11.3. The molecule has 0 aliphatic carbocycles. The van der Waals surface area contributed by atoms with Crippen LogP contribution in [0.1, 0.15) is 15.8 Å². The fourth-order valence-electron chi connectivity index (χ4n) is 0.789. The lowest BCUT2D eigenvalue weighted by Gasteiger charge is -2.02. The number of methoxy groups -OCH3 is 1. The van der Waals surface area contributed by atoms with Crippen LogP contribution in [0.4, 0.5) is 0 Å². The Hall–Kier alpha value is -1.51. The van der Waals surface area contributed by atoms with Crippen molar-refractivity contribution in [1.82, 2.24) is 5.32 Å². The van der Waals surface area contributed by atoms with Crippen LogP contribution in [-0.2, 0) is 0 Å². The Bertz CT molecular complexity index is 403.